The van der Waals surface area contributed by atoms with E-state index in [0.717, 1.165) is 10.2 Å². The van der Waals surface area contributed by atoms with Crippen LogP contribution in [0.1, 0.15) is 32.7 Å². The lowest BCUT2D eigenvalue weighted by atomic mass is 10.1. The predicted octanol–water partition coefficient (Wildman–Crippen LogP) is 5.46. The van der Waals surface area contributed by atoms with Crippen molar-refractivity contribution in [3.05, 3.63) is 88.5 Å². The fraction of sp³-hybridized carbons (Fsp3) is 0.286. The van der Waals surface area contributed by atoms with Gasteiger partial charge in [0.15, 0.2) is 11.5 Å². The molecule has 38 heavy (non-hydrogen) atoms. The van der Waals surface area contributed by atoms with E-state index in [9.17, 15) is 9.59 Å². The normalized spacial score (nSPS) is 13.3. The number of methoxy groups -OCH3 is 4. The molecule has 0 aliphatic heterocycles. The molecule has 10 heteroatoms. The number of allylic oxidation sites excluding steroid dienone is 2. The Labute approximate surface area is 227 Å². The minimum atomic E-state index is -0.589. The second kappa shape index (κ2) is 15.8. The van der Waals surface area contributed by atoms with E-state index >= 15 is 0 Å². The summed E-state index contributed by atoms with van der Waals surface area (Å²) in [6.07, 6.45) is 11.6. The van der Waals surface area contributed by atoms with Crippen LogP contribution >= 0.6 is 11.3 Å². The molecule has 1 N–H and O–H groups in total. The number of esters is 1. The molecule has 0 fully saturated rings. The number of carbonyl (C=O) groups excluding carboxylic acids is 2. The van der Waals surface area contributed by atoms with Crippen LogP contribution in [0.25, 0.3) is 16.3 Å². The predicted molar refractivity (Wildman–Crippen MR) is 151 cm³/mol. The second-order valence-corrected chi connectivity index (χ2v) is 8.10. The molecule has 0 unspecified atom stereocenters. The van der Waals surface area contributed by atoms with Crippen molar-refractivity contribution >= 4 is 39.5 Å². The monoisotopic (exact) mass is 541 g/mol. The third-order valence-corrected chi connectivity index (χ3v) is 5.81. The molecule has 0 atom stereocenters. The van der Waals surface area contributed by atoms with Crippen molar-refractivity contribution in [2.45, 2.75) is 27.7 Å². The van der Waals surface area contributed by atoms with Crippen molar-refractivity contribution in [1.82, 2.24) is 15.3 Å². The molecule has 1 aliphatic rings. The van der Waals surface area contributed by atoms with Crippen LogP contribution in [0.4, 0.5) is 0 Å². The third-order valence-electron chi connectivity index (χ3n) is 4.84. The summed E-state index contributed by atoms with van der Waals surface area (Å²) in [5.74, 6) is 0.227. The van der Waals surface area contributed by atoms with Gasteiger partial charge in [0.05, 0.1) is 44.2 Å². The van der Waals surface area contributed by atoms with Crippen molar-refractivity contribution in [2.24, 2.45) is 0 Å². The van der Waals surface area contributed by atoms with Gasteiger partial charge in [-0.3, -0.25) is 9.78 Å². The average molecular weight is 542 g/mol. The van der Waals surface area contributed by atoms with Gasteiger partial charge in [-0.1, -0.05) is 33.9 Å². The number of ether oxygens (including phenoxy) is 4. The zero-order valence-electron chi connectivity index (χ0n) is 21.8. The van der Waals surface area contributed by atoms with Crippen molar-refractivity contribution in [3.63, 3.8) is 0 Å². The van der Waals surface area contributed by atoms with Gasteiger partial charge in [-0.2, -0.15) is 0 Å². The molecule has 0 aromatic carbocycles. The van der Waals surface area contributed by atoms with Crippen LogP contribution in [0, 0.1) is 0 Å². The van der Waals surface area contributed by atoms with Crippen LogP contribution in [0.3, 0.4) is 0 Å². The topological polar surface area (TPSA) is 109 Å². The number of rotatable bonds is 9. The standard InChI is InChI=1S/C25H25N3O6S.C2H6.CH4/c1-15(27-24(29)16-6-8-19(31-2)23(33-4)20(13-16)32-3)12-17(25(30)34-5)7-9-22-28-18-10-11-26-14-21(18)35-22;1-2;/h6-7,9-14H,1,8H2,2-5H3,(H,27,29);1-2H3;1H4/b9-7+,17-12+;;. The van der Waals surface area contributed by atoms with Crippen LogP contribution in [0.2, 0.25) is 0 Å². The summed E-state index contributed by atoms with van der Waals surface area (Å²) in [5, 5.41) is 3.36. The minimum absolute atomic E-state index is 0. The SMILES string of the molecule is C.C=C(/C=C(\C=C\c1nc2ccncc2s1)C(=O)OC)NC(=O)C1=CCC(OC)=C(OC)C(OC)=C1.CC. The molecule has 1 amide bonds. The molecule has 2 aromatic heterocycles. The van der Waals surface area contributed by atoms with Gasteiger partial charge < -0.3 is 24.3 Å². The lowest BCUT2D eigenvalue weighted by molar-refractivity contribution is -0.135. The zero-order valence-corrected chi connectivity index (χ0v) is 22.6. The Balaban J connectivity index is 0.00000235. The van der Waals surface area contributed by atoms with E-state index in [4.69, 9.17) is 18.9 Å². The van der Waals surface area contributed by atoms with E-state index < -0.39 is 11.9 Å². The first-order valence-corrected chi connectivity index (χ1v) is 12.2. The lowest BCUT2D eigenvalue weighted by Crippen LogP contribution is -2.23. The number of amides is 1. The maximum absolute atomic E-state index is 12.9. The maximum Gasteiger partial charge on any atom is 0.337 e. The number of thiazole rings is 1. The molecule has 0 radical (unpaired) electrons. The number of hydrogen-bond acceptors (Lipinski definition) is 9. The molecule has 0 saturated carbocycles. The molecule has 0 bridgehead atoms. The Kier molecular flexibility index (Phi) is 13.3. The smallest absolute Gasteiger partial charge is 0.337 e. The average Bonchev–Trinajstić information content (AvgIpc) is 3.24. The van der Waals surface area contributed by atoms with Crippen LogP contribution < -0.4 is 5.32 Å². The lowest BCUT2D eigenvalue weighted by Gasteiger charge is -2.12. The number of hydrogen-bond donors (Lipinski definition) is 1. The summed E-state index contributed by atoms with van der Waals surface area (Å²) in [6, 6.07) is 1.81. The van der Waals surface area contributed by atoms with Gasteiger partial charge in [-0.15, -0.1) is 11.3 Å². The minimum Gasteiger partial charge on any atom is -0.497 e. The highest BCUT2D eigenvalue weighted by Crippen LogP contribution is 2.26. The molecule has 2 aromatic rings. The highest BCUT2D eigenvalue weighted by atomic mass is 32.1. The second-order valence-electron chi connectivity index (χ2n) is 7.04. The van der Waals surface area contributed by atoms with Crippen LogP contribution in [-0.4, -0.2) is 50.3 Å². The number of nitrogens with zero attached hydrogens (tertiary/aromatic N) is 2. The summed E-state index contributed by atoms with van der Waals surface area (Å²) in [6.45, 7) is 7.85. The van der Waals surface area contributed by atoms with Gasteiger partial charge in [-0.05, 0) is 30.4 Å². The van der Waals surface area contributed by atoms with Gasteiger partial charge >= 0.3 is 5.97 Å². The van der Waals surface area contributed by atoms with E-state index in [2.05, 4.69) is 21.9 Å². The molecule has 2 heterocycles. The number of pyridine rings is 1. The molecule has 9 nitrogen and oxygen atoms in total. The quantitative estimate of drug-likeness (QED) is 0.253. The van der Waals surface area contributed by atoms with Gasteiger partial charge in [-0.25, -0.2) is 9.78 Å². The molecule has 0 saturated heterocycles. The summed E-state index contributed by atoms with van der Waals surface area (Å²) in [7, 11) is 5.75. The molecular formula is C28H35N3O6S. The summed E-state index contributed by atoms with van der Waals surface area (Å²) in [5.41, 5.74) is 1.50. The first-order chi connectivity index (χ1) is 17.9. The Morgan fingerprint density at radius 2 is 1.87 bits per heavy atom. The van der Waals surface area contributed by atoms with Gasteiger partial charge in [0.25, 0.3) is 5.91 Å². The van der Waals surface area contributed by atoms with Gasteiger partial charge in [0, 0.05) is 30.1 Å². The Hall–Kier alpha value is -4.18. The summed E-state index contributed by atoms with van der Waals surface area (Å²) in [4.78, 5) is 33.8. The molecule has 1 aliphatic carbocycles. The van der Waals surface area contributed by atoms with Gasteiger partial charge in [0.1, 0.15) is 10.8 Å². The number of fused-ring (bicyclic) bond motifs is 1. The van der Waals surface area contributed by atoms with Crippen molar-refractivity contribution < 1.29 is 28.5 Å². The zero-order chi connectivity index (χ0) is 27.4. The molecular weight excluding hydrogens is 506 g/mol. The van der Waals surface area contributed by atoms with E-state index in [-0.39, 0.29) is 18.7 Å². The number of nitrogens with one attached hydrogen (secondary N) is 1. The van der Waals surface area contributed by atoms with Crippen molar-refractivity contribution in [2.75, 3.05) is 28.4 Å². The number of carbonyl (C=O) groups is 2. The number of aromatic nitrogens is 2. The van der Waals surface area contributed by atoms with Crippen molar-refractivity contribution in [1.29, 1.82) is 0 Å². The highest BCUT2D eigenvalue weighted by molar-refractivity contribution is 7.19. The van der Waals surface area contributed by atoms with Gasteiger partial charge in [0.2, 0.25) is 0 Å². The fourth-order valence-electron chi connectivity index (χ4n) is 3.16. The van der Waals surface area contributed by atoms with E-state index in [1.165, 1.54) is 45.9 Å². The Bertz CT molecular complexity index is 1270. The van der Waals surface area contributed by atoms with Crippen LogP contribution in [0.15, 0.2) is 83.5 Å². The molecule has 204 valence electrons. The third kappa shape index (κ3) is 8.17. The van der Waals surface area contributed by atoms with Crippen LogP contribution in [0.5, 0.6) is 0 Å². The van der Waals surface area contributed by atoms with E-state index in [1.54, 1.807) is 36.7 Å². The Morgan fingerprint density at radius 3 is 2.47 bits per heavy atom. The largest absolute Gasteiger partial charge is 0.497 e. The summed E-state index contributed by atoms with van der Waals surface area (Å²) >= 11 is 1.43. The fourth-order valence-corrected chi connectivity index (χ4v) is 4.00. The maximum atomic E-state index is 12.9. The molecule has 3 rings (SSSR count). The van der Waals surface area contributed by atoms with E-state index in [0.29, 0.717) is 34.3 Å². The molecule has 0 spiro atoms. The van der Waals surface area contributed by atoms with Crippen molar-refractivity contribution in [3.8, 4) is 0 Å². The first-order valence-electron chi connectivity index (χ1n) is 11.4. The van der Waals surface area contributed by atoms with Crippen LogP contribution in [-0.2, 0) is 28.5 Å². The van der Waals surface area contributed by atoms with E-state index in [1.807, 2.05) is 19.9 Å². The first kappa shape index (κ1) is 31.8. The summed E-state index contributed by atoms with van der Waals surface area (Å²) < 4.78 is 21.9. The Morgan fingerprint density at radius 1 is 1.13 bits per heavy atom. The highest BCUT2D eigenvalue weighted by Gasteiger charge is 2.21.